The van der Waals surface area contributed by atoms with Crippen molar-refractivity contribution in [2.45, 2.75) is 18.5 Å². The quantitative estimate of drug-likeness (QED) is 0.435. The number of aliphatic hydroxyl groups excluding tert-OH is 1. The van der Waals surface area contributed by atoms with Crippen LogP contribution in [-0.4, -0.2) is 50.9 Å². The first kappa shape index (κ1) is 21.0. The molecule has 1 aliphatic rings. The minimum atomic E-state index is -0.379. The van der Waals surface area contributed by atoms with Gasteiger partial charge in [0, 0.05) is 36.9 Å². The molecule has 31 heavy (non-hydrogen) atoms. The molecule has 0 spiro atoms. The number of pyridine rings is 1. The molecule has 8 heteroatoms. The normalized spacial score (nSPS) is 18.1. The highest BCUT2D eigenvalue weighted by Gasteiger charge is 2.40. The first-order chi connectivity index (χ1) is 15.1. The zero-order chi connectivity index (χ0) is 21.8. The molecule has 2 atom stereocenters. The molecule has 1 aliphatic heterocycles. The maximum absolute atomic E-state index is 12.0. The minimum absolute atomic E-state index is 0.0856. The monoisotopic (exact) mass is 436 g/mol. The van der Waals surface area contributed by atoms with Crippen molar-refractivity contribution < 1.29 is 14.6 Å². The minimum Gasteiger partial charge on any atom is -0.465 e. The van der Waals surface area contributed by atoms with Crippen LogP contribution in [0.2, 0.25) is 0 Å². The van der Waals surface area contributed by atoms with Crippen molar-refractivity contribution in [2.24, 2.45) is 0 Å². The van der Waals surface area contributed by atoms with Crippen LogP contribution in [0.15, 0.2) is 67.0 Å². The first-order valence-corrected chi connectivity index (χ1v) is 10.5. The molecule has 0 amide bonds. The molecule has 0 bridgehead atoms. The Hall–Kier alpha value is -3.23. The number of nitrogens with one attached hydrogen (secondary N) is 1. The van der Waals surface area contributed by atoms with Gasteiger partial charge in [-0.05, 0) is 61.1 Å². The van der Waals surface area contributed by atoms with E-state index >= 15 is 0 Å². The predicted octanol–water partition coefficient (Wildman–Crippen LogP) is 3.01. The van der Waals surface area contributed by atoms with Gasteiger partial charge in [-0.2, -0.15) is 0 Å². The third-order valence-electron chi connectivity index (χ3n) is 5.38. The third-order valence-corrected chi connectivity index (χ3v) is 5.74. The lowest BCUT2D eigenvalue weighted by Crippen LogP contribution is -2.31. The Bertz CT molecular complexity index is 1070. The van der Waals surface area contributed by atoms with Gasteiger partial charge in [0.1, 0.15) is 0 Å². The number of hydrogen-bond acceptors (Lipinski definition) is 5. The lowest BCUT2D eigenvalue weighted by molar-refractivity contribution is 0.0600. The van der Waals surface area contributed by atoms with E-state index in [-0.39, 0.29) is 24.7 Å². The Labute approximate surface area is 186 Å². The summed E-state index contributed by atoms with van der Waals surface area (Å²) in [6.07, 6.45) is 4.34. The fourth-order valence-electron chi connectivity index (χ4n) is 3.98. The number of methoxy groups -OCH3 is 1. The maximum Gasteiger partial charge on any atom is 0.337 e. The Morgan fingerprint density at radius 2 is 2.10 bits per heavy atom. The lowest BCUT2D eigenvalue weighted by atomic mass is 10.0. The second-order valence-electron chi connectivity index (χ2n) is 7.24. The lowest BCUT2D eigenvalue weighted by Gasteiger charge is -2.28. The van der Waals surface area contributed by atoms with E-state index in [2.05, 4.69) is 19.8 Å². The van der Waals surface area contributed by atoms with Crippen molar-refractivity contribution >= 4 is 23.3 Å². The zero-order valence-corrected chi connectivity index (χ0v) is 18.0. The Kier molecular flexibility index (Phi) is 6.29. The predicted molar refractivity (Wildman–Crippen MR) is 121 cm³/mol. The molecule has 2 N–H and O–H groups in total. The number of rotatable bonds is 7. The van der Waals surface area contributed by atoms with Crippen LogP contribution in [0.5, 0.6) is 0 Å². The van der Waals surface area contributed by atoms with Crippen LogP contribution < -0.4 is 5.32 Å². The summed E-state index contributed by atoms with van der Waals surface area (Å²) < 4.78 is 6.92. The molecule has 1 saturated heterocycles. The van der Waals surface area contributed by atoms with E-state index in [1.807, 2.05) is 54.7 Å². The average molecular weight is 437 g/mol. The second kappa shape index (κ2) is 9.28. The van der Waals surface area contributed by atoms with E-state index in [0.29, 0.717) is 23.6 Å². The number of hydrogen-bond donors (Lipinski definition) is 2. The molecule has 3 aromatic rings. The number of carbonyl (C=O) groups excluding carboxylic acids is 1. The van der Waals surface area contributed by atoms with E-state index < -0.39 is 0 Å². The van der Waals surface area contributed by atoms with Gasteiger partial charge in [0.05, 0.1) is 30.5 Å². The van der Waals surface area contributed by atoms with Gasteiger partial charge in [-0.1, -0.05) is 12.1 Å². The van der Waals surface area contributed by atoms with Crippen molar-refractivity contribution in [2.75, 3.05) is 20.3 Å². The molecule has 2 aromatic heterocycles. The van der Waals surface area contributed by atoms with Crippen LogP contribution in [0.3, 0.4) is 0 Å². The average Bonchev–Trinajstić information content (AvgIpc) is 3.42. The Balaban J connectivity index is 1.78. The SMILES string of the molecule is COC(=O)c1cccc(-n2cccc2[C@H]2[C@@H](c3ccccn3)NC(=S)N2CCCO)c1. The van der Waals surface area contributed by atoms with Crippen LogP contribution in [-0.2, 0) is 4.74 Å². The van der Waals surface area contributed by atoms with Gasteiger partial charge in [-0.15, -0.1) is 0 Å². The standard InChI is InChI=1S/C23H24N4O3S/c1-30-22(29)16-7-4-8-17(15-16)26-12-5-10-19(26)21-20(18-9-2-3-11-24-18)25-23(31)27(21)13-6-14-28/h2-5,7-12,15,20-21,28H,6,13-14H2,1H3,(H,25,31)/t20-,21+/m1/s1. The van der Waals surface area contributed by atoms with Crippen LogP contribution >= 0.6 is 12.2 Å². The number of aromatic nitrogens is 2. The van der Waals surface area contributed by atoms with Gasteiger partial charge in [0.15, 0.2) is 5.11 Å². The number of esters is 1. The molecule has 0 saturated carbocycles. The summed E-state index contributed by atoms with van der Waals surface area (Å²) in [6, 6.07) is 16.9. The van der Waals surface area contributed by atoms with Gasteiger partial charge in [0.2, 0.25) is 0 Å². The fraction of sp³-hybridized carbons (Fsp3) is 0.261. The van der Waals surface area contributed by atoms with Crippen molar-refractivity contribution in [3.8, 4) is 5.69 Å². The van der Waals surface area contributed by atoms with Gasteiger partial charge in [-0.25, -0.2) is 4.79 Å². The third kappa shape index (κ3) is 4.17. The van der Waals surface area contributed by atoms with Crippen molar-refractivity contribution in [1.29, 1.82) is 0 Å². The summed E-state index contributed by atoms with van der Waals surface area (Å²) in [5.74, 6) is -0.379. The largest absolute Gasteiger partial charge is 0.465 e. The van der Waals surface area contributed by atoms with Crippen molar-refractivity contribution in [3.63, 3.8) is 0 Å². The summed E-state index contributed by atoms with van der Waals surface area (Å²) in [5.41, 5.74) is 3.22. The van der Waals surface area contributed by atoms with Crippen LogP contribution in [0.1, 0.15) is 40.3 Å². The van der Waals surface area contributed by atoms with Crippen LogP contribution in [0.4, 0.5) is 0 Å². The first-order valence-electron chi connectivity index (χ1n) is 10.1. The van der Waals surface area contributed by atoms with Gasteiger partial charge in [-0.3, -0.25) is 4.98 Å². The van der Waals surface area contributed by atoms with E-state index in [0.717, 1.165) is 17.1 Å². The van der Waals surface area contributed by atoms with E-state index in [1.165, 1.54) is 7.11 Å². The Morgan fingerprint density at radius 3 is 2.84 bits per heavy atom. The summed E-state index contributed by atoms with van der Waals surface area (Å²) in [5, 5.41) is 13.4. The molecule has 1 aromatic carbocycles. The summed E-state index contributed by atoms with van der Waals surface area (Å²) >= 11 is 5.65. The molecule has 160 valence electrons. The van der Waals surface area contributed by atoms with E-state index in [1.54, 1.807) is 12.3 Å². The fourth-order valence-corrected chi connectivity index (χ4v) is 4.31. The van der Waals surface area contributed by atoms with Crippen LogP contribution in [0, 0.1) is 0 Å². The summed E-state index contributed by atoms with van der Waals surface area (Å²) in [4.78, 5) is 18.7. The summed E-state index contributed by atoms with van der Waals surface area (Å²) in [6.45, 7) is 0.700. The van der Waals surface area contributed by atoms with Crippen molar-refractivity contribution in [1.82, 2.24) is 19.8 Å². The molecular formula is C23H24N4O3S. The molecular weight excluding hydrogens is 412 g/mol. The van der Waals surface area contributed by atoms with E-state index in [9.17, 15) is 9.90 Å². The molecule has 7 nitrogen and oxygen atoms in total. The topological polar surface area (TPSA) is 79.6 Å². The second-order valence-corrected chi connectivity index (χ2v) is 7.63. The highest BCUT2D eigenvalue weighted by Crippen LogP contribution is 2.39. The molecule has 1 fully saturated rings. The highest BCUT2D eigenvalue weighted by atomic mass is 32.1. The van der Waals surface area contributed by atoms with Crippen LogP contribution in [0.25, 0.3) is 5.69 Å². The zero-order valence-electron chi connectivity index (χ0n) is 17.1. The molecule has 0 aliphatic carbocycles. The summed E-state index contributed by atoms with van der Waals surface area (Å²) in [7, 11) is 1.37. The van der Waals surface area contributed by atoms with Gasteiger partial charge in [0.25, 0.3) is 0 Å². The molecule has 3 heterocycles. The Morgan fingerprint density at radius 1 is 1.23 bits per heavy atom. The number of thiocarbonyl (C=S) groups is 1. The number of carbonyl (C=O) groups is 1. The smallest absolute Gasteiger partial charge is 0.337 e. The number of ether oxygens (including phenoxy) is 1. The molecule has 0 radical (unpaired) electrons. The number of benzene rings is 1. The number of aliphatic hydroxyl groups is 1. The van der Waals surface area contributed by atoms with E-state index in [4.69, 9.17) is 17.0 Å². The highest BCUT2D eigenvalue weighted by molar-refractivity contribution is 7.80. The molecule has 0 unspecified atom stereocenters. The van der Waals surface area contributed by atoms with Crippen molar-refractivity contribution in [3.05, 3.63) is 83.9 Å². The van der Waals surface area contributed by atoms with Gasteiger partial charge >= 0.3 is 5.97 Å². The maximum atomic E-state index is 12.0. The molecule has 4 rings (SSSR count). The number of nitrogens with zero attached hydrogens (tertiary/aromatic N) is 3. The van der Waals surface area contributed by atoms with Gasteiger partial charge < -0.3 is 24.6 Å².